The van der Waals surface area contributed by atoms with Gasteiger partial charge in [0, 0.05) is 18.7 Å². The Morgan fingerprint density at radius 1 is 1.09 bits per heavy atom. The van der Waals surface area contributed by atoms with Crippen molar-refractivity contribution in [1.82, 2.24) is 15.5 Å². The molecule has 32 heavy (non-hydrogen) atoms. The van der Waals surface area contributed by atoms with Gasteiger partial charge in [0.25, 0.3) is 11.8 Å². The number of aryl methyl sites for hydroxylation is 1. The minimum absolute atomic E-state index is 0.0136. The largest absolute Gasteiger partial charge is 0.355 e. The van der Waals surface area contributed by atoms with Crippen LogP contribution in [0.15, 0.2) is 54.2 Å². The second kappa shape index (κ2) is 10.2. The van der Waals surface area contributed by atoms with E-state index in [-0.39, 0.29) is 24.3 Å². The first-order valence-electron chi connectivity index (χ1n) is 10.4. The van der Waals surface area contributed by atoms with Gasteiger partial charge >= 0.3 is 0 Å². The zero-order valence-corrected chi connectivity index (χ0v) is 19.2. The SMILES string of the molecule is CCNC(=O)CN(CC)C(=O)c1ccc(C=C2NC(=S)N(c3ccc(C)cc3)C2=O)cc1. The highest BCUT2D eigenvalue weighted by Crippen LogP contribution is 2.23. The quantitative estimate of drug-likeness (QED) is 0.501. The van der Waals surface area contributed by atoms with Gasteiger partial charge in [-0.2, -0.15) is 0 Å². The smallest absolute Gasteiger partial charge is 0.281 e. The van der Waals surface area contributed by atoms with Gasteiger partial charge in [0.2, 0.25) is 5.91 Å². The summed E-state index contributed by atoms with van der Waals surface area (Å²) in [5.74, 6) is -0.651. The van der Waals surface area contributed by atoms with E-state index in [0.29, 0.717) is 35.1 Å². The lowest BCUT2D eigenvalue weighted by atomic mass is 10.1. The van der Waals surface area contributed by atoms with Crippen LogP contribution in [-0.2, 0) is 9.59 Å². The number of rotatable bonds is 7. The number of nitrogens with zero attached hydrogens (tertiary/aromatic N) is 2. The first-order chi connectivity index (χ1) is 15.3. The molecule has 166 valence electrons. The molecule has 2 aromatic carbocycles. The van der Waals surface area contributed by atoms with Crippen LogP contribution in [0.3, 0.4) is 0 Å². The maximum Gasteiger partial charge on any atom is 0.281 e. The molecule has 0 bridgehead atoms. The van der Waals surface area contributed by atoms with E-state index in [4.69, 9.17) is 12.2 Å². The molecule has 1 saturated heterocycles. The van der Waals surface area contributed by atoms with Crippen LogP contribution in [0.5, 0.6) is 0 Å². The minimum atomic E-state index is -0.238. The van der Waals surface area contributed by atoms with Crippen LogP contribution in [-0.4, -0.2) is 47.4 Å². The van der Waals surface area contributed by atoms with Gasteiger partial charge in [0.15, 0.2) is 5.11 Å². The Hall–Kier alpha value is -3.52. The lowest BCUT2D eigenvalue weighted by Gasteiger charge is -2.20. The van der Waals surface area contributed by atoms with Crippen molar-refractivity contribution in [2.45, 2.75) is 20.8 Å². The van der Waals surface area contributed by atoms with Crippen LogP contribution >= 0.6 is 12.2 Å². The zero-order chi connectivity index (χ0) is 23.3. The van der Waals surface area contributed by atoms with E-state index < -0.39 is 0 Å². The number of thiocarbonyl (C=S) groups is 1. The highest BCUT2D eigenvalue weighted by Gasteiger charge is 2.31. The normalized spacial score (nSPS) is 14.5. The number of nitrogens with one attached hydrogen (secondary N) is 2. The summed E-state index contributed by atoms with van der Waals surface area (Å²) in [6, 6.07) is 14.4. The molecule has 1 aliphatic rings. The topological polar surface area (TPSA) is 81.8 Å². The van der Waals surface area contributed by atoms with Crippen molar-refractivity contribution in [3.05, 3.63) is 70.9 Å². The van der Waals surface area contributed by atoms with Gasteiger partial charge in [-0.3, -0.25) is 19.3 Å². The molecular weight excluding hydrogens is 424 g/mol. The van der Waals surface area contributed by atoms with Crippen molar-refractivity contribution in [2.75, 3.05) is 24.5 Å². The second-order valence-electron chi connectivity index (χ2n) is 7.36. The Balaban J connectivity index is 1.74. The molecular formula is C24H26N4O3S. The molecule has 3 amide bonds. The summed E-state index contributed by atoms with van der Waals surface area (Å²) in [5.41, 5.74) is 3.38. The van der Waals surface area contributed by atoms with E-state index in [2.05, 4.69) is 10.6 Å². The fourth-order valence-corrected chi connectivity index (χ4v) is 3.59. The first kappa shape index (κ1) is 23.1. The number of hydrogen-bond acceptors (Lipinski definition) is 4. The van der Waals surface area contributed by atoms with Crippen molar-refractivity contribution in [3.63, 3.8) is 0 Å². The number of anilines is 1. The van der Waals surface area contributed by atoms with E-state index in [1.165, 1.54) is 9.80 Å². The molecule has 1 aliphatic heterocycles. The fraction of sp³-hybridized carbons (Fsp3) is 0.250. The van der Waals surface area contributed by atoms with Crippen LogP contribution in [0.2, 0.25) is 0 Å². The highest BCUT2D eigenvalue weighted by molar-refractivity contribution is 7.80. The summed E-state index contributed by atoms with van der Waals surface area (Å²) >= 11 is 5.35. The zero-order valence-electron chi connectivity index (χ0n) is 18.3. The van der Waals surface area contributed by atoms with Crippen molar-refractivity contribution in [1.29, 1.82) is 0 Å². The summed E-state index contributed by atoms with van der Waals surface area (Å²) < 4.78 is 0. The van der Waals surface area contributed by atoms with Crippen molar-refractivity contribution >= 4 is 46.8 Å². The molecule has 1 heterocycles. The molecule has 0 saturated carbocycles. The Morgan fingerprint density at radius 3 is 2.34 bits per heavy atom. The summed E-state index contributed by atoms with van der Waals surface area (Å²) in [5, 5.41) is 5.98. The molecule has 0 spiro atoms. The molecule has 0 radical (unpaired) electrons. The molecule has 7 nitrogen and oxygen atoms in total. The number of carbonyl (C=O) groups excluding carboxylic acids is 3. The van der Waals surface area contributed by atoms with Gasteiger partial charge < -0.3 is 15.5 Å². The average molecular weight is 451 g/mol. The van der Waals surface area contributed by atoms with E-state index >= 15 is 0 Å². The van der Waals surface area contributed by atoms with E-state index in [1.54, 1.807) is 30.3 Å². The lowest BCUT2D eigenvalue weighted by molar-refractivity contribution is -0.121. The molecule has 0 aliphatic carbocycles. The number of amides is 3. The van der Waals surface area contributed by atoms with Crippen LogP contribution in [0.25, 0.3) is 6.08 Å². The van der Waals surface area contributed by atoms with Gasteiger partial charge in [0.05, 0.1) is 12.2 Å². The van der Waals surface area contributed by atoms with Crippen LogP contribution in [0.4, 0.5) is 5.69 Å². The van der Waals surface area contributed by atoms with Gasteiger partial charge in [0.1, 0.15) is 5.70 Å². The third kappa shape index (κ3) is 5.20. The molecule has 8 heteroatoms. The van der Waals surface area contributed by atoms with Crippen molar-refractivity contribution < 1.29 is 14.4 Å². The standard InChI is InChI=1S/C24H26N4O3S/c1-4-25-21(29)15-27(5-2)22(30)18-10-8-17(9-11-18)14-20-23(31)28(24(32)26-20)19-12-6-16(3)7-13-19/h6-14H,4-5,15H2,1-3H3,(H,25,29)(H,26,32). The molecule has 0 atom stereocenters. The molecule has 2 N–H and O–H groups in total. The highest BCUT2D eigenvalue weighted by atomic mass is 32.1. The predicted octanol–water partition coefficient (Wildman–Crippen LogP) is 2.86. The molecule has 0 aromatic heterocycles. The van der Waals surface area contributed by atoms with Gasteiger partial charge in [-0.05, 0) is 68.9 Å². The minimum Gasteiger partial charge on any atom is -0.355 e. The summed E-state index contributed by atoms with van der Waals surface area (Å²) in [6.45, 7) is 6.60. The molecule has 0 unspecified atom stereocenters. The maximum atomic E-state index is 12.9. The number of likely N-dealkylation sites (N-methyl/N-ethyl adjacent to an activating group) is 2. The third-order valence-corrected chi connectivity index (χ3v) is 5.30. The van der Waals surface area contributed by atoms with Gasteiger partial charge in [-0.1, -0.05) is 29.8 Å². The summed E-state index contributed by atoms with van der Waals surface area (Å²) in [7, 11) is 0. The Labute approximate surface area is 193 Å². The molecule has 3 rings (SSSR count). The Morgan fingerprint density at radius 2 is 1.75 bits per heavy atom. The number of carbonyl (C=O) groups is 3. The van der Waals surface area contributed by atoms with E-state index in [1.807, 2.05) is 45.0 Å². The van der Waals surface area contributed by atoms with Gasteiger partial charge in [-0.15, -0.1) is 0 Å². The second-order valence-corrected chi connectivity index (χ2v) is 7.75. The maximum absolute atomic E-state index is 12.9. The average Bonchev–Trinajstić information content (AvgIpc) is 3.06. The van der Waals surface area contributed by atoms with Crippen LogP contribution in [0.1, 0.15) is 35.3 Å². The summed E-state index contributed by atoms with van der Waals surface area (Å²) in [6.07, 6.45) is 1.70. The van der Waals surface area contributed by atoms with Crippen molar-refractivity contribution in [2.24, 2.45) is 0 Å². The molecule has 1 fully saturated rings. The number of hydrogen-bond donors (Lipinski definition) is 2. The molecule has 2 aromatic rings. The summed E-state index contributed by atoms with van der Waals surface area (Å²) in [4.78, 5) is 40.4. The fourth-order valence-electron chi connectivity index (χ4n) is 3.29. The van der Waals surface area contributed by atoms with Crippen LogP contribution < -0.4 is 15.5 Å². The Kier molecular flexibility index (Phi) is 7.37. The Bertz CT molecular complexity index is 1060. The predicted molar refractivity (Wildman–Crippen MR) is 129 cm³/mol. The van der Waals surface area contributed by atoms with Crippen molar-refractivity contribution in [3.8, 4) is 0 Å². The van der Waals surface area contributed by atoms with Gasteiger partial charge in [-0.25, -0.2) is 0 Å². The van der Waals surface area contributed by atoms with E-state index in [9.17, 15) is 14.4 Å². The first-order valence-corrected chi connectivity index (χ1v) is 10.8. The number of benzene rings is 2. The lowest BCUT2D eigenvalue weighted by Crippen LogP contribution is -2.40. The van der Waals surface area contributed by atoms with E-state index in [0.717, 1.165) is 11.1 Å². The third-order valence-electron chi connectivity index (χ3n) is 5.02. The monoisotopic (exact) mass is 450 g/mol. The van der Waals surface area contributed by atoms with Crippen LogP contribution in [0, 0.1) is 6.92 Å².